The van der Waals surface area contributed by atoms with Gasteiger partial charge in [0, 0.05) is 12.9 Å². The number of nitro groups is 1. The van der Waals surface area contributed by atoms with Crippen LogP contribution in [0.25, 0.3) is 0 Å². The van der Waals surface area contributed by atoms with Gasteiger partial charge in [-0.15, -0.1) is 0 Å². The Hall–Kier alpha value is -1.77. The summed E-state index contributed by atoms with van der Waals surface area (Å²) >= 11 is 3.47. The van der Waals surface area contributed by atoms with Crippen LogP contribution in [0.2, 0.25) is 0 Å². The number of hydrogen-bond donors (Lipinski definition) is 2. The third kappa shape index (κ3) is 3.34. The van der Waals surface area contributed by atoms with Crippen LogP contribution in [-0.2, 0) is 0 Å². The molecule has 0 bridgehead atoms. The van der Waals surface area contributed by atoms with Crippen molar-refractivity contribution in [2.24, 2.45) is 0 Å². The lowest BCUT2D eigenvalue weighted by Crippen LogP contribution is -2.07. The molecule has 1 aromatic heterocycles. The van der Waals surface area contributed by atoms with Crippen LogP contribution in [0.3, 0.4) is 0 Å². The van der Waals surface area contributed by atoms with Gasteiger partial charge in [-0.25, -0.2) is 0 Å². The summed E-state index contributed by atoms with van der Waals surface area (Å²) in [5, 5.41) is 10.7. The number of aromatic nitrogens is 2. The number of rotatable bonds is 6. The Bertz CT molecular complexity index is 415. The molecular formula is C8H12N4O4S. The van der Waals surface area contributed by atoms with Crippen molar-refractivity contribution in [3.05, 3.63) is 10.1 Å². The summed E-state index contributed by atoms with van der Waals surface area (Å²) in [5.74, 6) is -0.655. The molecule has 0 aliphatic heterocycles. The Kier molecular flexibility index (Phi) is 4.76. The van der Waals surface area contributed by atoms with Gasteiger partial charge in [-0.1, -0.05) is 13.3 Å². The Morgan fingerprint density at radius 3 is 2.76 bits per heavy atom. The summed E-state index contributed by atoms with van der Waals surface area (Å²) in [6.45, 7) is 2.40. The normalized spacial score (nSPS) is 10.0. The van der Waals surface area contributed by atoms with Gasteiger partial charge in [0.2, 0.25) is 5.82 Å². The van der Waals surface area contributed by atoms with E-state index in [2.05, 4.69) is 27.1 Å². The number of unbranched alkanes of at least 4 members (excludes halogenated alkanes) is 1. The average Bonchev–Trinajstić information content (AvgIpc) is 2.27. The number of thiol groups is 1. The maximum atomic E-state index is 10.7. The van der Waals surface area contributed by atoms with Gasteiger partial charge >= 0.3 is 17.6 Å². The molecule has 1 rings (SSSR count). The fourth-order valence-electron chi connectivity index (χ4n) is 1.04. The molecule has 17 heavy (non-hydrogen) atoms. The maximum absolute atomic E-state index is 10.7. The smallest absolute Gasteiger partial charge is 0.373 e. The van der Waals surface area contributed by atoms with Crippen molar-refractivity contribution in [3.63, 3.8) is 0 Å². The highest BCUT2D eigenvalue weighted by Crippen LogP contribution is 2.32. The van der Waals surface area contributed by atoms with Crippen LogP contribution < -0.4 is 14.7 Å². The highest BCUT2D eigenvalue weighted by atomic mass is 32.1. The summed E-state index contributed by atoms with van der Waals surface area (Å²) in [6.07, 6.45) is 1.76. The molecule has 1 aromatic rings. The zero-order valence-corrected chi connectivity index (χ0v) is 10.0. The highest BCUT2D eigenvalue weighted by molar-refractivity contribution is 7.75. The second-order valence-corrected chi connectivity index (χ2v) is 3.28. The van der Waals surface area contributed by atoms with Gasteiger partial charge < -0.3 is 14.7 Å². The SMILES string of the molecule is CCCCOc1nc(N)c([N+](=O)[O-])c(OS)n1. The van der Waals surface area contributed by atoms with Gasteiger partial charge in [-0.3, -0.25) is 10.1 Å². The van der Waals surface area contributed by atoms with Gasteiger partial charge in [-0.2, -0.15) is 9.97 Å². The average molecular weight is 260 g/mol. The van der Waals surface area contributed by atoms with Crippen LogP contribution in [0.5, 0.6) is 11.9 Å². The number of nitrogens with zero attached hydrogens (tertiary/aromatic N) is 3. The minimum atomic E-state index is -0.739. The van der Waals surface area contributed by atoms with Crippen molar-refractivity contribution < 1.29 is 13.8 Å². The molecule has 0 aliphatic rings. The summed E-state index contributed by atoms with van der Waals surface area (Å²) in [7, 11) is 0. The van der Waals surface area contributed by atoms with Crippen molar-refractivity contribution in [1.29, 1.82) is 0 Å². The summed E-state index contributed by atoms with van der Waals surface area (Å²) < 4.78 is 9.64. The Morgan fingerprint density at radius 1 is 1.53 bits per heavy atom. The van der Waals surface area contributed by atoms with E-state index in [1.165, 1.54) is 0 Å². The fourth-order valence-corrected chi connectivity index (χ4v) is 1.17. The maximum Gasteiger partial charge on any atom is 0.373 e. The van der Waals surface area contributed by atoms with E-state index >= 15 is 0 Å². The van der Waals surface area contributed by atoms with Crippen LogP contribution in [0.4, 0.5) is 11.5 Å². The summed E-state index contributed by atoms with van der Waals surface area (Å²) in [6, 6.07) is -0.0643. The molecule has 0 saturated heterocycles. The molecule has 0 spiro atoms. The number of nitrogens with two attached hydrogens (primary N) is 1. The highest BCUT2D eigenvalue weighted by Gasteiger charge is 2.24. The van der Waals surface area contributed by atoms with Gasteiger partial charge in [0.25, 0.3) is 0 Å². The number of hydrogen-bond acceptors (Lipinski definition) is 8. The zero-order valence-electron chi connectivity index (χ0n) is 9.12. The predicted octanol–water partition coefficient (Wildman–Crippen LogP) is 1.37. The number of anilines is 1. The third-order valence-electron chi connectivity index (χ3n) is 1.86. The molecular weight excluding hydrogens is 248 g/mol. The summed E-state index contributed by atoms with van der Waals surface area (Å²) in [4.78, 5) is 17.3. The monoisotopic (exact) mass is 260 g/mol. The first kappa shape index (κ1) is 13.3. The number of ether oxygens (including phenoxy) is 1. The molecule has 0 aromatic carbocycles. The van der Waals surface area contributed by atoms with Crippen LogP contribution in [0.1, 0.15) is 19.8 Å². The van der Waals surface area contributed by atoms with Crippen molar-refractivity contribution >= 4 is 24.4 Å². The van der Waals surface area contributed by atoms with Crippen molar-refractivity contribution in [2.45, 2.75) is 19.8 Å². The first-order valence-electron chi connectivity index (χ1n) is 4.86. The molecule has 1 heterocycles. The lowest BCUT2D eigenvalue weighted by molar-refractivity contribution is -0.385. The van der Waals surface area contributed by atoms with E-state index in [-0.39, 0.29) is 17.7 Å². The molecule has 9 heteroatoms. The quantitative estimate of drug-likeness (QED) is 0.261. The minimum Gasteiger partial charge on any atom is -0.463 e. The zero-order chi connectivity index (χ0) is 12.8. The van der Waals surface area contributed by atoms with Gasteiger partial charge in [0.15, 0.2) is 0 Å². The van der Waals surface area contributed by atoms with Crippen LogP contribution in [0.15, 0.2) is 0 Å². The molecule has 0 saturated carbocycles. The van der Waals surface area contributed by atoms with Crippen molar-refractivity contribution in [1.82, 2.24) is 9.97 Å². The topological polar surface area (TPSA) is 113 Å². The second kappa shape index (κ2) is 6.09. The van der Waals surface area contributed by atoms with Crippen molar-refractivity contribution in [3.8, 4) is 11.9 Å². The molecule has 0 aliphatic carbocycles. The van der Waals surface area contributed by atoms with E-state index in [4.69, 9.17) is 10.5 Å². The van der Waals surface area contributed by atoms with Gasteiger partial charge in [0.05, 0.1) is 11.5 Å². The molecule has 0 unspecified atom stereocenters. The van der Waals surface area contributed by atoms with E-state index in [1.54, 1.807) is 0 Å². The van der Waals surface area contributed by atoms with E-state index in [9.17, 15) is 10.1 Å². The fraction of sp³-hybridized carbons (Fsp3) is 0.500. The van der Waals surface area contributed by atoms with E-state index in [0.29, 0.717) is 6.61 Å². The van der Waals surface area contributed by atoms with Crippen molar-refractivity contribution in [2.75, 3.05) is 12.3 Å². The molecule has 0 fully saturated rings. The molecule has 0 amide bonds. The Labute approximate surface area is 103 Å². The van der Waals surface area contributed by atoms with E-state index < -0.39 is 10.6 Å². The number of nitrogen functional groups attached to an aromatic ring is 1. The van der Waals surface area contributed by atoms with E-state index in [0.717, 1.165) is 12.8 Å². The predicted molar refractivity (Wildman–Crippen MR) is 63.1 cm³/mol. The third-order valence-corrected chi connectivity index (χ3v) is 2.03. The molecule has 2 N–H and O–H groups in total. The van der Waals surface area contributed by atoms with Crippen LogP contribution in [0, 0.1) is 10.1 Å². The van der Waals surface area contributed by atoms with Gasteiger partial charge in [0.1, 0.15) is 0 Å². The minimum absolute atomic E-state index is 0.0643. The molecule has 0 radical (unpaired) electrons. The first-order valence-corrected chi connectivity index (χ1v) is 5.22. The summed E-state index contributed by atoms with van der Waals surface area (Å²) in [5.41, 5.74) is 4.89. The van der Waals surface area contributed by atoms with Gasteiger partial charge in [-0.05, 0) is 6.42 Å². The molecule has 94 valence electrons. The Balaban J connectivity index is 2.96. The molecule has 8 nitrogen and oxygen atoms in total. The largest absolute Gasteiger partial charge is 0.463 e. The molecule has 0 atom stereocenters. The van der Waals surface area contributed by atoms with E-state index in [1.807, 2.05) is 6.92 Å². The standard InChI is InChI=1S/C8H12N4O4S/c1-2-3-4-15-8-10-6(9)5(12(13)14)7(11-8)16-17/h17H,2-4H2,1H3,(H2,9,10,11). The van der Waals surface area contributed by atoms with Crippen LogP contribution in [-0.4, -0.2) is 21.5 Å². The Morgan fingerprint density at radius 2 is 2.24 bits per heavy atom. The lowest BCUT2D eigenvalue weighted by Gasteiger charge is -2.06. The van der Waals surface area contributed by atoms with Crippen LogP contribution >= 0.6 is 12.9 Å². The lowest BCUT2D eigenvalue weighted by atomic mass is 10.4. The second-order valence-electron chi connectivity index (χ2n) is 3.10. The first-order chi connectivity index (χ1) is 8.10.